The van der Waals surface area contributed by atoms with Crippen LogP contribution in [0.15, 0.2) is 43.8 Å². The first-order chi connectivity index (χ1) is 8.19. The molecule has 0 aliphatic rings. The highest BCUT2D eigenvalue weighted by Crippen LogP contribution is 2.16. The maximum absolute atomic E-state index is 10.5. The number of rotatable bonds is 6. The highest BCUT2D eigenvalue weighted by atomic mass is 16.4. The lowest BCUT2D eigenvalue weighted by atomic mass is 10.1. The Morgan fingerprint density at radius 3 is 2.88 bits per heavy atom. The minimum atomic E-state index is -0.927. The number of nitrogens with one attached hydrogen (secondary N) is 1. The van der Waals surface area contributed by atoms with E-state index < -0.39 is 5.97 Å². The van der Waals surface area contributed by atoms with Gasteiger partial charge in [0.1, 0.15) is 6.54 Å². The Morgan fingerprint density at radius 1 is 1.53 bits per heavy atom. The Labute approximate surface area is 100 Å². The molecular weight excluding hydrogens is 216 g/mol. The number of hydrogen-bond donors (Lipinski definition) is 2. The lowest BCUT2D eigenvalue weighted by Gasteiger charge is -2.11. The van der Waals surface area contributed by atoms with E-state index in [1.807, 2.05) is 6.07 Å². The largest absolute Gasteiger partial charge is 0.480 e. The Hall–Kier alpha value is -2.36. The average molecular weight is 230 g/mol. The number of allylic oxidation sites excluding steroid dienone is 2. The molecule has 1 aromatic rings. The van der Waals surface area contributed by atoms with Crippen LogP contribution in [-0.4, -0.2) is 22.6 Å². The van der Waals surface area contributed by atoms with Crippen molar-refractivity contribution >= 4 is 17.7 Å². The van der Waals surface area contributed by atoms with Crippen molar-refractivity contribution in [3.63, 3.8) is 0 Å². The van der Waals surface area contributed by atoms with Gasteiger partial charge >= 0.3 is 5.97 Å². The number of carboxylic acids is 1. The maximum Gasteiger partial charge on any atom is 0.322 e. The van der Waals surface area contributed by atoms with Gasteiger partial charge in [-0.2, -0.15) is 0 Å². The Morgan fingerprint density at radius 2 is 2.29 bits per heavy atom. The number of carboxylic acid groups (broad SMARTS) is 1. The summed E-state index contributed by atoms with van der Waals surface area (Å²) in [6.45, 7) is 7.14. The summed E-state index contributed by atoms with van der Waals surface area (Å²) in [5.41, 5.74) is 2.33. The molecule has 0 bridgehead atoms. The SMILES string of the molecule is C=C/C=C(/NCC(=O)O)c1cnccc1C=C. The summed E-state index contributed by atoms with van der Waals surface area (Å²) >= 11 is 0. The van der Waals surface area contributed by atoms with Gasteiger partial charge < -0.3 is 10.4 Å². The number of nitrogens with zero attached hydrogens (tertiary/aromatic N) is 1. The van der Waals surface area contributed by atoms with E-state index in [4.69, 9.17) is 5.11 Å². The van der Waals surface area contributed by atoms with Gasteiger partial charge in [0, 0.05) is 23.7 Å². The third-order valence-corrected chi connectivity index (χ3v) is 2.08. The van der Waals surface area contributed by atoms with Gasteiger partial charge in [-0.1, -0.05) is 25.3 Å². The molecule has 0 amide bonds. The van der Waals surface area contributed by atoms with Crippen molar-refractivity contribution in [2.45, 2.75) is 0 Å². The van der Waals surface area contributed by atoms with Gasteiger partial charge in [0.2, 0.25) is 0 Å². The van der Waals surface area contributed by atoms with Gasteiger partial charge in [-0.15, -0.1) is 0 Å². The van der Waals surface area contributed by atoms with Gasteiger partial charge in [0.05, 0.1) is 0 Å². The molecule has 0 aliphatic heterocycles. The van der Waals surface area contributed by atoms with Gasteiger partial charge in [-0.25, -0.2) is 0 Å². The average Bonchev–Trinajstić information content (AvgIpc) is 2.34. The minimum absolute atomic E-state index is 0.162. The van der Waals surface area contributed by atoms with E-state index in [-0.39, 0.29) is 6.54 Å². The molecule has 17 heavy (non-hydrogen) atoms. The lowest BCUT2D eigenvalue weighted by molar-refractivity contribution is -0.135. The van der Waals surface area contributed by atoms with Crippen LogP contribution in [0.1, 0.15) is 11.1 Å². The van der Waals surface area contributed by atoms with E-state index in [1.54, 1.807) is 30.6 Å². The minimum Gasteiger partial charge on any atom is -0.480 e. The molecule has 88 valence electrons. The van der Waals surface area contributed by atoms with Crippen LogP contribution in [0.2, 0.25) is 0 Å². The zero-order valence-electron chi connectivity index (χ0n) is 9.39. The number of aliphatic carboxylic acids is 1. The van der Waals surface area contributed by atoms with E-state index >= 15 is 0 Å². The second-order valence-corrected chi connectivity index (χ2v) is 3.23. The predicted octanol–water partition coefficient (Wildman–Crippen LogP) is 1.93. The summed E-state index contributed by atoms with van der Waals surface area (Å²) in [4.78, 5) is 14.6. The van der Waals surface area contributed by atoms with E-state index in [1.165, 1.54) is 0 Å². The third kappa shape index (κ3) is 3.61. The number of pyridine rings is 1. The van der Waals surface area contributed by atoms with Crippen LogP contribution >= 0.6 is 0 Å². The summed E-state index contributed by atoms with van der Waals surface area (Å²) in [7, 11) is 0. The van der Waals surface area contributed by atoms with E-state index in [0.717, 1.165) is 11.1 Å². The molecule has 4 heteroatoms. The predicted molar refractivity (Wildman–Crippen MR) is 68.1 cm³/mol. The van der Waals surface area contributed by atoms with Crippen LogP contribution in [0.3, 0.4) is 0 Å². The van der Waals surface area contributed by atoms with Gasteiger partial charge in [0.25, 0.3) is 0 Å². The van der Waals surface area contributed by atoms with Crippen molar-refractivity contribution in [1.82, 2.24) is 10.3 Å². The topological polar surface area (TPSA) is 62.2 Å². The van der Waals surface area contributed by atoms with Crippen LogP contribution in [-0.2, 0) is 4.79 Å². The first-order valence-corrected chi connectivity index (χ1v) is 5.04. The van der Waals surface area contributed by atoms with E-state index in [0.29, 0.717) is 5.70 Å². The van der Waals surface area contributed by atoms with Crippen molar-refractivity contribution in [1.29, 1.82) is 0 Å². The van der Waals surface area contributed by atoms with E-state index in [2.05, 4.69) is 23.5 Å². The highest BCUT2D eigenvalue weighted by molar-refractivity contribution is 5.77. The molecule has 0 atom stereocenters. The summed E-state index contributed by atoms with van der Waals surface area (Å²) in [6, 6.07) is 1.81. The monoisotopic (exact) mass is 230 g/mol. The fourth-order valence-electron chi connectivity index (χ4n) is 1.34. The molecule has 1 rings (SSSR count). The quantitative estimate of drug-likeness (QED) is 0.733. The van der Waals surface area contributed by atoms with Crippen LogP contribution in [0.4, 0.5) is 0 Å². The molecule has 4 nitrogen and oxygen atoms in total. The molecule has 0 spiro atoms. The number of aromatic nitrogens is 1. The molecule has 0 aromatic carbocycles. The molecule has 1 aromatic heterocycles. The van der Waals surface area contributed by atoms with Crippen LogP contribution in [0.25, 0.3) is 11.8 Å². The Bertz CT molecular complexity index is 464. The zero-order valence-corrected chi connectivity index (χ0v) is 9.39. The summed E-state index contributed by atoms with van der Waals surface area (Å²) in [5, 5.41) is 11.5. The molecule has 2 N–H and O–H groups in total. The van der Waals surface area contributed by atoms with Crippen molar-refractivity contribution < 1.29 is 9.90 Å². The van der Waals surface area contributed by atoms with Gasteiger partial charge in [-0.3, -0.25) is 9.78 Å². The van der Waals surface area contributed by atoms with Gasteiger partial charge in [0.15, 0.2) is 0 Å². The molecular formula is C13H14N2O2. The molecule has 0 fully saturated rings. The van der Waals surface area contributed by atoms with Crippen LogP contribution in [0, 0.1) is 0 Å². The maximum atomic E-state index is 10.5. The fraction of sp³-hybridized carbons (Fsp3) is 0.0769. The Balaban J connectivity index is 3.05. The highest BCUT2D eigenvalue weighted by Gasteiger charge is 2.06. The molecule has 0 unspecified atom stereocenters. The van der Waals surface area contributed by atoms with Crippen LogP contribution in [0.5, 0.6) is 0 Å². The number of carbonyl (C=O) groups is 1. The first-order valence-electron chi connectivity index (χ1n) is 5.04. The molecule has 0 radical (unpaired) electrons. The number of hydrogen-bond acceptors (Lipinski definition) is 3. The lowest BCUT2D eigenvalue weighted by Crippen LogP contribution is -2.21. The van der Waals surface area contributed by atoms with Crippen LogP contribution < -0.4 is 5.32 Å². The standard InChI is InChI=1S/C13H14N2O2/c1-3-5-12(15-9-13(16)17)11-8-14-7-6-10(11)4-2/h3-8,15H,1-2,9H2,(H,16,17)/b12-5+. The second kappa shape index (κ2) is 6.27. The molecule has 0 saturated carbocycles. The molecule has 0 saturated heterocycles. The van der Waals surface area contributed by atoms with Gasteiger partial charge in [-0.05, 0) is 17.7 Å². The third-order valence-electron chi connectivity index (χ3n) is 2.08. The summed E-state index contributed by atoms with van der Waals surface area (Å²) < 4.78 is 0. The summed E-state index contributed by atoms with van der Waals surface area (Å²) in [6.07, 6.45) is 8.29. The smallest absolute Gasteiger partial charge is 0.322 e. The zero-order chi connectivity index (χ0) is 12.7. The van der Waals surface area contributed by atoms with Crippen molar-refractivity contribution in [2.75, 3.05) is 6.54 Å². The second-order valence-electron chi connectivity index (χ2n) is 3.23. The molecule has 1 heterocycles. The Kier molecular flexibility index (Phi) is 4.69. The molecule has 0 aliphatic carbocycles. The van der Waals surface area contributed by atoms with E-state index in [9.17, 15) is 4.79 Å². The van der Waals surface area contributed by atoms with Crippen molar-refractivity contribution in [2.24, 2.45) is 0 Å². The fourth-order valence-corrected chi connectivity index (χ4v) is 1.34. The normalized spacial score (nSPS) is 10.7. The first kappa shape index (κ1) is 12.7. The van der Waals surface area contributed by atoms with Crippen molar-refractivity contribution in [3.8, 4) is 0 Å². The van der Waals surface area contributed by atoms with Crippen molar-refractivity contribution in [3.05, 3.63) is 54.9 Å². The summed E-state index contributed by atoms with van der Waals surface area (Å²) in [5.74, 6) is -0.927.